The van der Waals surface area contributed by atoms with Crippen LogP contribution in [0, 0.1) is 17.2 Å². The van der Waals surface area contributed by atoms with Gasteiger partial charge >= 0.3 is 0 Å². The fourth-order valence-electron chi connectivity index (χ4n) is 3.41. The predicted octanol–water partition coefficient (Wildman–Crippen LogP) is 3.67. The third kappa shape index (κ3) is 4.90. The van der Waals surface area contributed by atoms with Gasteiger partial charge in [-0.2, -0.15) is 5.26 Å². The van der Waals surface area contributed by atoms with Crippen LogP contribution < -0.4 is 4.74 Å². The van der Waals surface area contributed by atoms with Crippen molar-refractivity contribution in [3.05, 3.63) is 54.1 Å². The van der Waals surface area contributed by atoms with Crippen LogP contribution in [0.2, 0.25) is 0 Å². The third-order valence-corrected chi connectivity index (χ3v) is 5.02. The van der Waals surface area contributed by atoms with Crippen molar-refractivity contribution in [1.29, 1.82) is 5.26 Å². The number of amides is 1. The Morgan fingerprint density at radius 1 is 1.21 bits per heavy atom. The molecule has 1 heterocycles. The van der Waals surface area contributed by atoms with E-state index in [2.05, 4.69) is 11.0 Å². The Bertz CT molecular complexity index is 840. The smallest absolute Gasteiger partial charge is 0.253 e. The van der Waals surface area contributed by atoms with Gasteiger partial charge in [0, 0.05) is 30.8 Å². The maximum atomic E-state index is 12.8. The van der Waals surface area contributed by atoms with Gasteiger partial charge in [-0.25, -0.2) is 0 Å². The van der Waals surface area contributed by atoms with E-state index in [1.54, 1.807) is 4.90 Å². The van der Waals surface area contributed by atoms with E-state index in [9.17, 15) is 4.79 Å². The van der Waals surface area contributed by atoms with Gasteiger partial charge in [-0.1, -0.05) is 30.3 Å². The molecule has 0 saturated carbocycles. The van der Waals surface area contributed by atoms with Gasteiger partial charge in [0.05, 0.1) is 12.0 Å². The molecule has 0 spiro atoms. The zero-order chi connectivity index (χ0) is 19.9. The molecule has 1 aliphatic heterocycles. The van der Waals surface area contributed by atoms with Crippen molar-refractivity contribution in [1.82, 2.24) is 9.80 Å². The van der Waals surface area contributed by atoms with E-state index in [-0.39, 0.29) is 11.8 Å². The summed E-state index contributed by atoms with van der Waals surface area (Å²) >= 11 is 0. The van der Waals surface area contributed by atoms with Crippen molar-refractivity contribution in [3.8, 4) is 22.9 Å². The summed E-state index contributed by atoms with van der Waals surface area (Å²) in [6, 6.07) is 17.9. The SMILES string of the molecule is CN(C)CCOc1ccccc1-c1ccc(C(=O)N2CCC[C@H](C#N)C2)cc1. The molecule has 3 rings (SSSR count). The van der Waals surface area contributed by atoms with Crippen LogP contribution in [0.1, 0.15) is 23.2 Å². The highest BCUT2D eigenvalue weighted by atomic mass is 16.5. The molecule has 1 amide bonds. The second-order valence-electron chi connectivity index (χ2n) is 7.44. The molecule has 0 aromatic heterocycles. The van der Waals surface area contributed by atoms with Crippen LogP contribution in [0.4, 0.5) is 0 Å². The van der Waals surface area contributed by atoms with Crippen molar-refractivity contribution in [3.63, 3.8) is 0 Å². The molecular weight excluding hydrogens is 350 g/mol. The zero-order valence-corrected chi connectivity index (χ0v) is 16.6. The van der Waals surface area contributed by atoms with E-state index in [1.807, 2.05) is 62.6 Å². The van der Waals surface area contributed by atoms with Gasteiger partial charge in [-0.05, 0) is 50.7 Å². The monoisotopic (exact) mass is 377 g/mol. The Kier molecular flexibility index (Phi) is 6.67. The standard InChI is InChI=1S/C23H27N3O2/c1-25(2)14-15-28-22-8-4-3-7-21(22)19-9-11-20(12-10-19)23(27)26-13-5-6-18(16-24)17-26/h3-4,7-12,18H,5-6,13-15,17H2,1-2H3/t18-/m1/s1. The molecule has 1 aliphatic rings. The molecule has 1 fully saturated rings. The molecule has 2 aromatic rings. The number of piperidine rings is 1. The number of likely N-dealkylation sites (tertiary alicyclic amines) is 1. The van der Waals surface area contributed by atoms with E-state index in [4.69, 9.17) is 10.00 Å². The zero-order valence-electron chi connectivity index (χ0n) is 16.6. The van der Waals surface area contributed by atoms with Gasteiger partial charge in [-0.15, -0.1) is 0 Å². The van der Waals surface area contributed by atoms with Crippen molar-refractivity contribution in [2.24, 2.45) is 5.92 Å². The predicted molar refractivity (Wildman–Crippen MR) is 110 cm³/mol. The van der Waals surface area contributed by atoms with Crippen LogP contribution in [0.15, 0.2) is 48.5 Å². The third-order valence-electron chi connectivity index (χ3n) is 5.02. The molecule has 5 nitrogen and oxygen atoms in total. The lowest BCUT2D eigenvalue weighted by Gasteiger charge is -2.29. The minimum absolute atomic E-state index is 0.00187. The molecule has 2 aromatic carbocycles. The maximum Gasteiger partial charge on any atom is 0.253 e. The molecule has 0 aliphatic carbocycles. The number of ether oxygens (including phenoxy) is 1. The lowest BCUT2D eigenvalue weighted by atomic mass is 9.98. The first-order valence-electron chi connectivity index (χ1n) is 9.74. The summed E-state index contributed by atoms with van der Waals surface area (Å²) in [5.41, 5.74) is 2.70. The first kappa shape index (κ1) is 19.9. The normalized spacial score (nSPS) is 16.6. The number of hydrogen-bond donors (Lipinski definition) is 0. The number of hydrogen-bond acceptors (Lipinski definition) is 4. The average Bonchev–Trinajstić information content (AvgIpc) is 2.73. The molecule has 0 unspecified atom stereocenters. The average molecular weight is 377 g/mol. The molecule has 28 heavy (non-hydrogen) atoms. The van der Waals surface area contributed by atoms with E-state index in [0.29, 0.717) is 18.7 Å². The number of carbonyl (C=O) groups excluding carboxylic acids is 1. The molecule has 5 heteroatoms. The van der Waals surface area contributed by atoms with Crippen LogP contribution in [0.25, 0.3) is 11.1 Å². The van der Waals surface area contributed by atoms with Gasteiger partial charge < -0.3 is 14.5 Å². The Balaban J connectivity index is 1.72. The van der Waals surface area contributed by atoms with E-state index in [0.717, 1.165) is 42.8 Å². The van der Waals surface area contributed by atoms with E-state index >= 15 is 0 Å². The largest absolute Gasteiger partial charge is 0.492 e. The number of nitriles is 1. The highest BCUT2D eigenvalue weighted by Crippen LogP contribution is 2.30. The highest BCUT2D eigenvalue weighted by Gasteiger charge is 2.24. The van der Waals surface area contributed by atoms with Gasteiger partial charge in [-0.3, -0.25) is 4.79 Å². The summed E-state index contributed by atoms with van der Waals surface area (Å²) in [4.78, 5) is 16.6. The number of carbonyl (C=O) groups is 1. The maximum absolute atomic E-state index is 12.8. The van der Waals surface area contributed by atoms with E-state index in [1.165, 1.54) is 0 Å². The van der Waals surface area contributed by atoms with Crippen LogP contribution >= 0.6 is 0 Å². The van der Waals surface area contributed by atoms with Gasteiger partial charge in [0.1, 0.15) is 12.4 Å². The van der Waals surface area contributed by atoms with Gasteiger partial charge in [0.2, 0.25) is 0 Å². The summed E-state index contributed by atoms with van der Waals surface area (Å²) in [5, 5.41) is 9.14. The summed E-state index contributed by atoms with van der Waals surface area (Å²) in [7, 11) is 4.04. The van der Waals surface area contributed by atoms with Crippen LogP contribution in [0.5, 0.6) is 5.75 Å². The number of benzene rings is 2. The summed E-state index contributed by atoms with van der Waals surface area (Å²) in [5.74, 6) is 0.793. The lowest BCUT2D eigenvalue weighted by Crippen LogP contribution is -2.39. The molecule has 0 N–H and O–H groups in total. The Labute approximate surface area is 167 Å². The van der Waals surface area contributed by atoms with Crippen LogP contribution in [-0.4, -0.2) is 56.0 Å². The molecular formula is C23H27N3O2. The highest BCUT2D eigenvalue weighted by molar-refractivity contribution is 5.95. The Hall–Kier alpha value is -2.84. The molecule has 1 saturated heterocycles. The molecule has 146 valence electrons. The minimum atomic E-state index is -0.0526. The van der Waals surface area contributed by atoms with Crippen LogP contribution in [-0.2, 0) is 0 Å². The number of rotatable bonds is 6. The summed E-state index contributed by atoms with van der Waals surface area (Å²) in [6.07, 6.45) is 1.77. The number of para-hydroxylation sites is 1. The second-order valence-corrected chi connectivity index (χ2v) is 7.44. The van der Waals surface area contributed by atoms with Crippen molar-refractivity contribution < 1.29 is 9.53 Å². The molecule has 0 bridgehead atoms. The van der Waals surface area contributed by atoms with Crippen molar-refractivity contribution >= 4 is 5.91 Å². The fourth-order valence-corrected chi connectivity index (χ4v) is 3.41. The summed E-state index contributed by atoms with van der Waals surface area (Å²) in [6.45, 7) is 2.72. The van der Waals surface area contributed by atoms with Crippen molar-refractivity contribution in [2.45, 2.75) is 12.8 Å². The number of likely N-dealkylation sites (N-methyl/N-ethyl adjacent to an activating group) is 1. The summed E-state index contributed by atoms with van der Waals surface area (Å²) < 4.78 is 5.95. The molecule has 1 atom stereocenters. The molecule has 0 radical (unpaired) electrons. The topological polar surface area (TPSA) is 56.6 Å². The van der Waals surface area contributed by atoms with E-state index < -0.39 is 0 Å². The van der Waals surface area contributed by atoms with Gasteiger partial charge in [0.25, 0.3) is 5.91 Å². The quantitative estimate of drug-likeness (QED) is 0.771. The lowest BCUT2D eigenvalue weighted by molar-refractivity contribution is 0.0699. The Morgan fingerprint density at radius 3 is 2.68 bits per heavy atom. The number of nitrogens with zero attached hydrogens (tertiary/aromatic N) is 3. The van der Waals surface area contributed by atoms with Gasteiger partial charge in [0.15, 0.2) is 0 Å². The second kappa shape index (κ2) is 9.38. The fraction of sp³-hybridized carbons (Fsp3) is 0.391. The first-order chi connectivity index (χ1) is 13.6. The van der Waals surface area contributed by atoms with Crippen LogP contribution in [0.3, 0.4) is 0 Å². The first-order valence-corrected chi connectivity index (χ1v) is 9.74. The Morgan fingerprint density at radius 2 is 1.96 bits per heavy atom. The minimum Gasteiger partial charge on any atom is -0.492 e. The van der Waals surface area contributed by atoms with Crippen molar-refractivity contribution in [2.75, 3.05) is 40.3 Å².